The summed E-state index contributed by atoms with van der Waals surface area (Å²) in [6.45, 7) is 0.895. The van der Waals surface area contributed by atoms with Crippen molar-refractivity contribution < 1.29 is 4.42 Å². The van der Waals surface area contributed by atoms with Crippen molar-refractivity contribution in [3.8, 4) is 0 Å². The lowest BCUT2D eigenvalue weighted by Crippen LogP contribution is -2.31. The lowest BCUT2D eigenvalue weighted by Gasteiger charge is -2.21. The molecule has 2 N–H and O–H groups in total. The smallest absolute Gasteiger partial charge is 0.150 e. The van der Waals surface area contributed by atoms with Gasteiger partial charge >= 0.3 is 0 Å². The molecule has 1 aliphatic rings. The van der Waals surface area contributed by atoms with E-state index in [0.29, 0.717) is 11.6 Å². The van der Waals surface area contributed by atoms with Crippen molar-refractivity contribution in [2.45, 2.75) is 31.8 Å². The Morgan fingerprint density at radius 1 is 1.59 bits per heavy atom. The summed E-state index contributed by atoms with van der Waals surface area (Å²) in [4.78, 5) is 4.41. The zero-order valence-corrected chi connectivity index (χ0v) is 10.2. The van der Waals surface area contributed by atoms with Gasteiger partial charge in [0.25, 0.3) is 0 Å². The van der Waals surface area contributed by atoms with E-state index in [1.807, 2.05) is 12.1 Å². The number of imidazole rings is 1. The van der Waals surface area contributed by atoms with Gasteiger partial charge in [-0.1, -0.05) is 11.6 Å². The van der Waals surface area contributed by atoms with Crippen LogP contribution in [0, 0.1) is 0 Å². The molecule has 2 aromatic heterocycles. The van der Waals surface area contributed by atoms with E-state index in [4.69, 9.17) is 21.8 Å². The summed E-state index contributed by atoms with van der Waals surface area (Å²) in [6, 6.07) is 4.03. The lowest BCUT2D eigenvalue weighted by atomic mass is 10.1. The van der Waals surface area contributed by atoms with Gasteiger partial charge in [0, 0.05) is 19.0 Å². The summed E-state index contributed by atoms with van der Waals surface area (Å²) in [6.07, 6.45) is 4.14. The van der Waals surface area contributed by atoms with E-state index in [2.05, 4.69) is 9.55 Å². The van der Waals surface area contributed by atoms with Gasteiger partial charge in [-0.05, 0) is 18.6 Å². The molecule has 1 atom stereocenters. The van der Waals surface area contributed by atoms with Crippen LogP contribution in [0.5, 0.6) is 0 Å². The van der Waals surface area contributed by atoms with Gasteiger partial charge < -0.3 is 14.7 Å². The summed E-state index contributed by atoms with van der Waals surface area (Å²) in [5, 5.41) is 0.585. The van der Waals surface area contributed by atoms with Gasteiger partial charge in [-0.2, -0.15) is 0 Å². The van der Waals surface area contributed by atoms with Crippen LogP contribution in [0.3, 0.4) is 0 Å². The topological polar surface area (TPSA) is 57.0 Å². The summed E-state index contributed by atoms with van der Waals surface area (Å²) in [7, 11) is 0. The molecule has 90 valence electrons. The van der Waals surface area contributed by atoms with Crippen LogP contribution in [-0.4, -0.2) is 15.6 Å². The highest BCUT2D eigenvalue weighted by molar-refractivity contribution is 6.30. The van der Waals surface area contributed by atoms with Gasteiger partial charge in [0.05, 0.1) is 18.4 Å². The molecule has 0 amide bonds. The number of halogens is 1. The fourth-order valence-corrected chi connectivity index (χ4v) is 2.59. The first-order valence-corrected chi connectivity index (χ1v) is 6.13. The van der Waals surface area contributed by atoms with Crippen molar-refractivity contribution in [1.29, 1.82) is 0 Å². The van der Waals surface area contributed by atoms with E-state index in [1.54, 1.807) is 6.26 Å². The average Bonchev–Trinajstić information content (AvgIpc) is 2.89. The van der Waals surface area contributed by atoms with Crippen LogP contribution < -0.4 is 5.73 Å². The van der Waals surface area contributed by atoms with Crippen LogP contribution >= 0.6 is 11.6 Å². The maximum Gasteiger partial charge on any atom is 0.150 e. The van der Waals surface area contributed by atoms with Gasteiger partial charge in [0.2, 0.25) is 0 Å². The number of fused-ring (bicyclic) bond motifs is 1. The third-order valence-corrected chi connectivity index (χ3v) is 3.50. The molecule has 0 aromatic carbocycles. The molecule has 0 saturated carbocycles. The zero-order chi connectivity index (χ0) is 11.8. The van der Waals surface area contributed by atoms with Crippen LogP contribution in [-0.2, 0) is 19.4 Å². The minimum atomic E-state index is 0.202. The lowest BCUT2D eigenvalue weighted by molar-refractivity contribution is 0.454. The summed E-state index contributed by atoms with van der Waals surface area (Å²) in [5.74, 6) is 1.87. The number of aromatic nitrogens is 2. The van der Waals surface area contributed by atoms with Crippen LogP contribution in [0.25, 0.3) is 0 Å². The molecule has 1 aliphatic heterocycles. The Morgan fingerprint density at radius 2 is 2.47 bits per heavy atom. The number of hydrogen-bond acceptors (Lipinski definition) is 3. The average molecular weight is 252 g/mol. The molecular formula is C12H14ClN3O. The van der Waals surface area contributed by atoms with Crippen molar-refractivity contribution in [2.24, 2.45) is 5.73 Å². The summed E-state index contributed by atoms with van der Waals surface area (Å²) >= 11 is 6.15. The fourth-order valence-electron chi connectivity index (χ4n) is 2.31. The summed E-state index contributed by atoms with van der Waals surface area (Å²) in [5.41, 5.74) is 7.01. The number of hydrogen-bond donors (Lipinski definition) is 1. The molecule has 0 radical (unpaired) electrons. The van der Waals surface area contributed by atoms with Crippen molar-refractivity contribution >= 4 is 11.6 Å². The minimum absolute atomic E-state index is 0.202. The maximum absolute atomic E-state index is 6.15. The number of nitrogens with zero attached hydrogens (tertiary/aromatic N) is 2. The van der Waals surface area contributed by atoms with Crippen LogP contribution in [0.15, 0.2) is 22.8 Å². The molecule has 5 heteroatoms. The monoisotopic (exact) mass is 251 g/mol. The molecule has 2 aromatic rings. The van der Waals surface area contributed by atoms with Crippen LogP contribution in [0.2, 0.25) is 5.15 Å². The largest absolute Gasteiger partial charge is 0.469 e. The molecule has 0 bridgehead atoms. The quantitative estimate of drug-likeness (QED) is 0.888. The Balaban J connectivity index is 1.93. The second-order valence-corrected chi connectivity index (χ2v) is 4.78. The third kappa shape index (κ3) is 1.98. The van der Waals surface area contributed by atoms with Gasteiger partial charge in [0.15, 0.2) is 5.15 Å². The van der Waals surface area contributed by atoms with Crippen molar-refractivity contribution in [3.63, 3.8) is 0 Å². The van der Waals surface area contributed by atoms with Gasteiger partial charge in [-0.25, -0.2) is 4.98 Å². The molecule has 0 saturated heterocycles. The minimum Gasteiger partial charge on any atom is -0.469 e. The normalized spacial score (nSPS) is 19.3. The van der Waals surface area contributed by atoms with E-state index in [-0.39, 0.29) is 6.04 Å². The second-order valence-electron chi connectivity index (χ2n) is 4.43. The molecule has 0 aliphatic carbocycles. The first kappa shape index (κ1) is 10.9. The van der Waals surface area contributed by atoms with Gasteiger partial charge in [-0.15, -0.1) is 0 Å². The van der Waals surface area contributed by atoms with Crippen molar-refractivity contribution in [3.05, 3.63) is 40.8 Å². The second kappa shape index (κ2) is 4.20. The molecule has 4 nitrogen and oxygen atoms in total. The Morgan fingerprint density at radius 3 is 3.24 bits per heavy atom. The highest BCUT2D eigenvalue weighted by Crippen LogP contribution is 2.25. The van der Waals surface area contributed by atoms with E-state index < -0.39 is 0 Å². The highest BCUT2D eigenvalue weighted by atomic mass is 35.5. The Hall–Kier alpha value is -1.26. The Kier molecular flexibility index (Phi) is 2.68. The fraction of sp³-hybridized carbons (Fsp3) is 0.417. The molecule has 0 spiro atoms. The third-order valence-electron chi connectivity index (χ3n) is 3.19. The first-order valence-electron chi connectivity index (χ1n) is 5.76. The maximum atomic E-state index is 6.15. The molecular weight excluding hydrogens is 238 g/mol. The highest BCUT2D eigenvalue weighted by Gasteiger charge is 2.23. The number of furan rings is 1. The van der Waals surface area contributed by atoms with E-state index in [1.165, 1.54) is 0 Å². The molecule has 0 fully saturated rings. The number of rotatable bonds is 2. The first-order chi connectivity index (χ1) is 8.24. The van der Waals surface area contributed by atoms with Gasteiger partial charge in [0.1, 0.15) is 11.6 Å². The Bertz CT molecular complexity index is 518. The molecule has 3 heterocycles. The predicted molar refractivity (Wildman–Crippen MR) is 65.0 cm³/mol. The molecule has 3 rings (SSSR count). The molecule has 1 unspecified atom stereocenters. The standard InChI is InChI=1S/C12H14ClN3O/c13-12-10-6-8(14)3-4-16(10)11(15-12)7-9-2-1-5-17-9/h1-2,5,8H,3-4,6-7,14H2. The number of nitrogens with two attached hydrogens (primary N) is 1. The Labute approximate surface area is 104 Å². The molecule has 17 heavy (non-hydrogen) atoms. The summed E-state index contributed by atoms with van der Waals surface area (Å²) < 4.78 is 7.51. The predicted octanol–water partition coefficient (Wildman–Crippen LogP) is 1.99. The SMILES string of the molecule is NC1CCn2c(Cc3ccco3)nc(Cl)c2C1. The zero-order valence-electron chi connectivity index (χ0n) is 9.40. The van der Waals surface area contributed by atoms with Crippen LogP contribution in [0.4, 0.5) is 0 Å². The van der Waals surface area contributed by atoms with Crippen molar-refractivity contribution in [1.82, 2.24) is 9.55 Å². The van der Waals surface area contributed by atoms with Gasteiger partial charge in [-0.3, -0.25) is 0 Å². The van der Waals surface area contributed by atoms with E-state index in [0.717, 1.165) is 36.7 Å². The van der Waals surface area contributed by atoms with Crippen molar-refractivity contribution in [2.75, 3.05) is 0 Å². The van der Waals surface area contributed by atoms with E-state index >= 15 is 0 Å². The van der Waals surface area contributed by atoms with E-state index in [9.17, 15) is 0 Å². The van der Waals surface area contributed by atoms with Crippen LogP contribution in [0.1, 0.15) is 23.7 Å².